The zero-order valence-corrected chi connectivity index (χ0v) is 17.0. The third-order valence-electron chi connectivity index (χ3n) is 3.98. The number of methoxy groups -OCH3 is 1. The lowest BCUT2D eigenvalue weighted by Crippen LogP contribution is -2.23. The highest BCUT2D eigenvalue weighted by atomic mass is 32.2. The van der Waals surface area contributed by atoms with E-state index in [1.165, 1.54) is 26.2 Å². The van der Waals surface area contributed by atoms with Gasteiger partial charge in [0.2, 0.25) is 5.91 Å². The monoisotopic (exact) mass is 426 g/mol. The Kier molecular flexibility index (Phi) is 6.53. The van der Waals surface area contributed by atoms with Gasteiger partial charge in [-0.15, -0.1) is 0 Å². The number of benzene rings is 2. The minimum atomic E-state index is -0.984. The number of nitrogens with one attached hydrogen (secondary N) is 1. The molecule has 0 unspecified atom stereocenters. The lowest BCUT2D eigenvalue weighted by Gasteiger charge is -2.12. The van der Waals surface area contributed by atoms with Crippen LogP contribution in [0.3, 0.4) is 0 Å². The van der Waals surface area contributed by atoms with Crippen LogP contribution in [0.5, 0.6) is 11.5 Å². The molecule has 1 aliphatic heterocycles. The number of carboxylic acids is 1. The molecule has 2 N–H and O–H groups in total. The standard InChI is InChI=1S/C21H18N2O6S/c1-12(24)22-21-23-19(25)18(30-21)10-14-5-8-16(17(9-14)28-2)29-11-13-3-6-15(7-4-13)20(26)27/h3-10H,11H2,1-2H3,(H,26,27)(H,22,23,24,25)/b18-10+. The summed E-state index contributed by atoms with van der Waals surface area (Å²) in [6, 6.07) is 11.6. The molecule has 30 heavy (non-hydrogen) atoms. The van der Waals surface area contributed by atoms with Crippen LogP contribution in [0.25, 0.3) is 6.08 Å². The summed E-state index contributed by atoms with van der Waals surface area (Å²) in [5.41, 5.74) is 1.72. The maximum Gasteiger partial charge on any atom is 0.335 e. The summed E-state index contributed by atoms with van der Waals surface area (Å²) in [7, 11) is 1.51. The topological polar surface area (TPSA) is 114 Å². The number of amides is 2. The first-order valence-corrected chi connectivity index (χ1v) is 9.60. The van der Waals surface area contributed by atoms with Crippen molar-refractivity contribution in [3.63, 3.8) is 0 Å². The van der Waals surface area contributed by atoms with Crippen LogP contribution in [-0.2, 0) is 16.2 Å². The molecule has 9 heteroatoms. The van der Waals surface area contributed by atoms with Crippen molar-refractivity contribution in [2.24, 2.45) is 4.99 Å². The molecule has 0 aliphatic carbocycles. The number of thioether (sulfide) groups is 1. The van der Waals surface area contributed by atoms with Crippen molar-refractivity contribution < 1.29 is 29.0 Å². The van der Waals surface area contributed by atoms with Gasteiger partial charge in [-0.1, -0.05) is 18.2 Å². The van der Waals surface area contributed by atoms with E-state index in [0.29, 0.717) is 22.0 Å². The average molecular weight is 426 g/mol. The number of aliphatic imine (C=N–C) groups is 1. The van der Waals surface area contributed by atoms with Crippen LogP contribution in [0, 0.1) is 0 Å². The summed E-state index contributed by atoms with van der Waals surface area (Å²) < 4.78 is 11.2. The van der Waals surface area contributed by atoms with E-state index in [9.17, 15) is 14.4 Å². The van der Waals surface area contributed by atoms with Gasteiger partial charge < -0.3 is 19.9 Å². The molecule has 8 nitrogen and oxygen atoms in total. The third kappa shape index (κ3) is 5.26. The van der Waals surface area contributed by atoms with Crippen LogP contribution in [-0.4, -0.2) is 35.2 Å². The average Bonchev–Trinajstić information content (AvgIpc) is 3.05. The summed E-state index contributed by atoms with van der Waals surface area (Å²) in [5.74, 6) is -0.723. The second kappa shape index (κ2) is 9.27. The van der Waals surface area contributed by atoms with Gasteiger partial charge in [0.25, 0.3) is 5.91 Å². The second-order valence-corrected chi connectivity index (χ2v) is 7.25. The van der Waals surface area contributed by atoms with Crippen molar-refractivity contribution in [3.8, 4) is 11.5 Å². The van der Waals surface area contributed by atoms with Gasteiger partial charge in [-0.25, -0.2) is 4.79 Å². The second-order valence-electron chi connectivity index (χ2n) is 6.21. The number of hydrogen-bond acceptors (Lipinski definition) is 6. The van der Waals surface area contributed by atoms with Gasteiger partial charge in [-0.2, -0.15) is 4.99 Å². The summed E-state index contributed by atoms with van der Waals surface area (Å²) in [5, 5.41) is 11.7. The summed E-state index contributed by atoms with van der Waals surface area (Å²) in [6.45, 7) is 1.58. The molecule has 0 bridgehead atoms. The molecule has 0 fully saturated rings. The van der Waals surface area contributed by atoms with E-state index in [2.05, 4.69) is 10.3 Å². The van der Waals surface area contributed by atoms with Crippen molar-refractivity contribution in [2.75, 3.05) is 7.11 Å². The lowest BCUT2D eigenvalue weighted by molar-refractivity contribution is -0.117. The van der Waals surface area contributed by atoms with Crippen LogP contribution in [0.1, 0.15) is 28.4 Å². The highest BCUT2D eigenvalue weighted by molar-refractivity contribution is 8.18. The minimum Gasteiger partial charge on any atom is -0.493 e. The van der Waals surface area contributed by atoms with Crippen molar-refractivity contribution >= 4 is 40.8 Å². The van der Waals surface area contributed by atoms with Gasteiger partial charge in [0.15, 0.2) is 16.7 Å². The number of aromatic carboxylic acids is 1. The Morgan fingerprint density at radius 2 is 1.90 bits per heavy atom. The van der Waals surface area contributed by atoms with Crippen LogP contribution >= 0.6 is 11.8 Å². The molecule has 2 aromatic carbocycles. The van der Waals surface area contributed by atoms with Gasteiger partial charge in [0.1, 0.15) is 6.61 Å². The number of rotatable bonds is 6. The molecule has 2 amide bonds. The van der Waals surface area contributed by atoms with Gasteiger partial charge >= 0.3 is 5.97 Å². The van der Waals surface area contributed by atoms with Crippen molar-refractivity contribution in [2.45, 2.75) is 13.5 Å². The Labute approximate surface area is 176 Å². The molecule has 2 aromatic rings. The molecule has 1 aliphatic rings. The summed E-state index contributed by atoms with van der Waals surface area (Å²) in [6.07, 6.45) is 1.66. The quantitative estimate of drug-likeness (QED) is 0.682. The van der Waals surface area contributed by atoms with Crippen LogP contribution < -0.4 is 14.8 Å². The number of amidine groups is 1. The highest BCUT2D eigenvalue weighted by Crippen LogP contribution is 2.32. The molecule has 0 aromatic heterocycles. The first-order chi connectivity index (χ1) is 14.4. The van der Waals surface area contributed by atoms with Gasteiger partial charge in [-0.05, 0) is 53.2 Å². The molecule has 154 valence electrons. The van der Waals surface area contributed by atoms with Crippen molar-refractivity contribution in [1.82, 2.24) is 5.32 Å². The van der Waals surface area contributed by atoms with Gasteiger partial charge in [0.05, 0.1) is 17.6 Å². The van der Waals surface area contributed by atoms with E-state index in [1.807, 2.05) is 0 Å². The fourth-order valence-electron chi connectivity index (χ4n) is 2.56. The normalized spacial score (nSPS) is 14.4. The first-order valence-electron chi connectivity index (χ1n) is 8.79. The van der Waals surface area contributed by atoms with E-state index in [4.69, 9.17) is 14.6 Å². The van der Waals surface area contributed by atoms with Crippen LogP contribution in [0.15, 0.2) is 52.4 Å². The Bertz CT molecular complexity index is 1060. The fourth-order valence-corrected chi connectivity index (χ4v) is 3.42. The summed E-state index contributed by atoms with van der Waals surface area (Å²) in [4.78, 5) is 38.2. The SMILES string of the molecule is COc1cc(/C=C2/SC(NC(C)=O)=NC2=O)ccc1OCc1ccc(C(=O)O)cc1. The zero-order chi connectivity index (χ0) is 21.7. The largest absolute Gasteiger partial charge is 0.493 e. The Balaban J connectivity index is 1.70. The molecule has 0 spiro atoms. The van der Waals surface area contributed by atoms with E-state index >= 15 is 0 Å². The predicted octanol–water partition coefficient (Wildman–Crippen LogP) is 3.08. The Hall–Kier alpha value is -3.59. The maximum absolute atomic E-state index is 12.0. The lowest BCUT2D eigenvalue weighted by atomic mass is 10.1. The van der Waals surface area contributed by atoms with Gasteiger partial charge in [0, 0.05) is 6.92 Å². The molecule has 1 heterocycles. The zero-order valence-electron chi connectivity index (χ0n) is 16.2. The Morgan fingerprint density at radius 1 is 1.17 bits per heavy atom. The third-order valence-corrected chi connectivity index (χ3v) is 4.88. The predicted molar refractivity (Wildman–Crippen MR) is 113 cm³/mol. The molecule has 3 rings (SSSR count). The fraction of sp³-hybridized carbons (Fsp3) is 0.143. The molecule has 0 atom stereocenters. The van der Waals surface area contributed by atoms with E-state index < -0.39 is 11.9 Å². The van der Waals surface area contributed by atoms with Crippen molar-refractivity contribution in [1.29, 1.82) is 0 Å². The number of carbonyl (C=O) groups excluding carboxylic acids is 2. The molecule has 0 saturated carbocycles. The number of ether oxygens (including phenoxy) is 2. The minimum absolute atomic E-state index is 0.207. The molecule has 0 saturated heterocycles. The van der Waals surface area contributed by atoms with Crippen molar-refractivity contribution in [3.05, 3.63) is 64.1 Å². The van der Waals surface area contributed by atoms with E-state index in [0.717, 1.165) is 17.3 Å². The smallest absolute Gasteiger partial charge is 0.335 e. The first kappa shape index (κ1) is 21.1. The summed E-state index contributed by atoms with van der Waals surface area (Å²) >= 11 is 1.09. The molecular weight excluding hydrogens is 408 g/mol. The number of carbonyl (C=O) groups is 3. The van der Waals surface area contributed by atoms with E-state index in [-0.39, 0.29) is 23.2 Å². The number of hydrogen-bond donors (Lipinski definition) is 2. The number of carboxylic acid groups (broad SMARTS) is 1. The molecular formula is C21H18N2O6S. The molecule has 0 radical (unpaired) electrons. The van der Waals surface area contributed by atoms with Crippen LogP contribution in [0.2, 0.25) is 0 Å². The Morgan fingerprint density at radius 3 is 2.53 bits per heavy atom. The number of nitrogens with zero attached hydrogens (tertiary/aromatic N) is 1. The highest BCUT2D eigenvalue weighted by Gasteiger charge is 2.22. The van der Waals surface area contributed by atoms with Crippen LogP contribution in [0.4, 0.5) is 0 Å². The van der Waals surface area contributed by atoms with Gasteiger partial charge in [-0.3, -0.25) is 9.59 Å². The van der Waals surface area contributed by atoms with E-state index in [1.54, 1.807) is 36.4 Å². The maximum atomic E-state index is 12.0.